The summed E-state index contributed by atoms with van der Waals surface area (Å²) in [5.41, 5.74) is 0. The minimum Gasteiger partial charge on any atom is -0.477 e. The van der Waals surface area contributed by atoms with Gasteiger partial charge in [-0.15, -0.1) is 0 Å². The number of hydrogen-bond acceptors (Lipinski definition) is 3. The van der Waals surface area contributed by atoms with Crippen LogP contribution in [0.5, 0.6) is 0 Å². The summed E-state index contributed by atoms with van der Waals surface area (Å²) in [6.45, 7) is 8.17. The molecule has 0 amide bonds. The van der Waals surface area contributed by atoms with Crippen molar-refractivity contribution in [2.45, 2.75) is 200 Å². The molecule has 0 spiro atoms. The van der Waals surface area contributed by atoms with Crippen LogP contribution in [0.15, 0.2) is 12.2 Å². The zero-order valence-corrected chi connectivity index (χ0v) is 29.1. The summed E-state index contributed by atoms with van der Waals surface area (Å²) in [5.74, 6) is -3.26. The van der Waals surface area contributed by atoms with Crippen LogP contribution in [0.1, 0.15) is 182 Å². The number of quaternary nitrogens is 1. The largest absolute Gasteiger partial charge is 0.477 e. The Morgan fingerprint density at radius 2 is 0.750 bits per heavy atom. The van der Waals surface area contributed by atoms with Gasteiger partial charge in [-0.2, -0.15) is 0 Å². The highest BCUT2D eigenvalue weighted by molar-refractivity contribution is 5.78. The lowest BCUT2D eigenvalue weighted by atomic mass is 9.91. The van der Waals surface area contributed by atoms with Crippen LogP contribution < -0.4 is 0 Å². The summed E-state index contributed by atoms with van der Waals surface area (Å²) < 4.78 is -0.376. The third kappa shape index (κ3) is 17.0. The van der Waals surface area contributed by atoms with Crippen LogP contribution in [-0.2, 0) is 14.4 Å². The number of aliphatic carboxylic acids is 3. The van der Waals surface area contributed by atoms with E-state index in [1.807, 2.05) is 20.8 Å². The smallest absolute Gasteiger partial charge is 0.362 e. The van der Waals surface area contributed by atoms with Gasteiger partial charge in [0.1, 0.15) is 0 Å². The van der Waals surface area contributed by atoms with E-state index >= 15 is 0 Å². The Morgan fingerprint density at radius 3 is 1.05 bits per heavy atom. The molecule has 258 valence electrons. The molecule has 0 aliphatic carbocycles. The number of carboxylic acid groups (broad SMARTS) is 3. The summed E-state index contributed by atoms with van der Waals surface area (Å²) in [4.78, 5) is 37.8. The lowest BCUT2D eigenvalue weighted by Gasteiger charge is -2.50. The van der Waals surface area contributed by atoms with Crippen molar-refractivity contribution < 1.29 is 34.2 Å². The Morgan fingerprint density at radius 1 is 0.455 bits per heavy atom. The first-order chi connectivity index (χ1) is 21.2. The predicted molar refractivity (Wildman–Crippen MR) is 182 cm³/mol. The van der Waals surface area contributed by atoms with E-state index in [1.165, 1.54) is 70.6 Å². The molecule has 0 rings (SSSR count). The van der Waals surface area contributed by atoms with Gasteiger partial charge >= 0.3 is 17.9 Å². The number of nitrogens with zero attached hydrogens (tertiary/aromatic N) is 1. The molecule has 0 aromatic rings. The average molecular weight is 625 g/mol. The number of allylic oxidation sites excluding steroid dienone is 2. The van der Waals surface area contributed by atoms with Crippen LogP contribution in [0, 0.1) is 0 Å². The van der Waals surface area contributed by atoms with Crippen LogP contribution in [0.4, 0.5) is 0 Å². The summed E-state index contributed by atoms with van der Waals surface area (Å²) >= 11 is 0. The van der Waals surface area contributed by atoms with E-state index in [2.05, 4.69) is 19.1 Å². The molecule has 0 radical (unpaired) electrons. The summed E-state index contributed by atoms with van der Waals surface area (Å²) in [5, 5.41) is 30.9. The fourth-order valence-electron chi connectivity index (χ4n) is 6.99. The lowest BCUT2D eigenvalue weighted by Crippen LogP contribution is -2.72. The standard InChI is InChI=1S/C37H69NO6/c1-5-9-10-11-12-13-14-15-16-17-18-19-20-21-22-23-24-25-26-27-31-38(32(28-6-2)35(39)40,33(29-7-3)36(41)42)34(30-8-4)37(43)44/h19-20,32-34H,5-18,21-31H2,1-4H3,(H2-,39,40,41,42,43,44)/p+1/b20-19+. The molecule has 0 heterocycles. The van der Waals surface area contributed by atoms with Crippen molar-refractivity contribution in [1.29, 1.82) is 0 Å². The minimum atomic E-state index is -1.09. The highest BCUT2D eigenvalue weighted by Crippen LogP contribution is 2.34. The first-order valence-electron chi connectivity index (χ1n) is 18.4. The fraction of sp³-hybridized carbons (Fsp3) is 0.865. The zero-order valence-electron chi connectivity index (χ0n) is 29.1. The third-order valence-electron chi connectivity index (χ3n) is 9.34. The van der Waals surface area contributed by atoms with Crippen LogP contribution in [0.25, 0.3) is 0 Å². The molecule has 7 nitrogen and oxygen atoms in total. The highest BCUT2D eigenvalue weighted by Gasteiger charge is 2.56. The van der Waals surface area contributed by atoms with E-state index in [1.54, 1.807) is 0 Å². The zero-order chi connectivity index (χ0) is 33.1. The average Bonchev–Trinajstić information content (AvgIpc) is 2.98. The van der Waals surface area contributed by atoms with Gasteiger partial charge in [0.25, 0.3) is 0 Å². The van der Waals surface area contributed by atoms with Crippen molar-refractivity contribution in [2.24, 2.45) is 0 Å². The van der Waals surface area contributed by atoms with Gasteiger partial charge in [-0.3, -0.25) is 4.48 Å². The maximum atomic E-state index is 12.6. The van der Waals surface area contributed by atoms with E-state index in [0.29, 0.717) is 25.7 Å². The van der Waals surface area contributed by atoms with E-state index in [4.69, 9.17) is 0 Å². The first kappa shape index (κ1) is 42.1. The van der Waals surface area contributed by atoms with Crippen LogP contribution in [0.3, 0.4) is 0 Å². The fourth-order valence-corrected chi connectivity index (χ4v) is 6.99. The lowest BCUT2D eigenvalue weighted by molar-refractivity contribution is -0.973. The second kappa shape index (κ2) is 27.4. The molecular weight excluding hydrogens is 554 g/mol. The Bertz CT molecular complexity index is 707. The minimum absolute atomic E-state index is 0.267. The van der Waals surface area contributed by atoms with Gasteiger partial charge in [-0.05, 0) is 57.8 Å². The Labute approximate surface area is 270 Å². The third-order valence-corrected chi connectivity index (χ3v) is 9.34. The van der Waals surface area contributed by atoms with E-state index < -0.39 is 36.0 Å². The van der Waals surface area contributed by atoms with Crippen LogP contribution >= 0.6 is 0 Å². The molecule has 44 heavy (non-hydrogen) atoms. The van der Waals surface area contributed by atoms with Gasteiger partial charge in [0.2, 0.25) is 0 Å². The maximum Gasteiger partial charge on any atom is 0.362 e. The van der Waals surface area contributed by atoms with Crippen LogP contribution in [-0.4, -0.2) is 62.4 Å². The number of unbranched alkanes of at least 4 members (excludes halogenated alkanes) is 16. The molecule has 0 bridgehead atoms. The number of carboxylic acids is 3. The quantitative estimate of drug-likeness (QED) is 0.0390. The molecule has 3 N–H and O–H groups in total. The molecule has 3 unspecified atom stereocenters. The molecule has 0 aliphatic rings. The van der Waals surface area contributed by atoms with Crippen molar-refractivity contribution >= 4 is 17.9 Å². The second-order valence-electron chi connectivity index (χ2n) is 13.0. The number of carbonyl (C=O) groups is 3. The molecular formula is C37H70NO6+. The molecule has 3 atom stereocenters. The van der Waals surface area contributed by atoms with E-state index in [9.17, 15) is 29.7 Å². The van der Waals surface area contributed by atoms with Crippen molar-refractivity contribution in [1.82, 2.24) is 0 Å². The van der Waals surface area contributed by atoms with E-state index in [0.717, 1.165) is 38.5 Å². The van der Waals surface area contributed by atoms with E-state index in [-0.39, 0.29) is 30.3 Å². The van der Waals surface area contributed by atoms with Crippen molar-refractivity contribution in [3.05, 3.63) is 12.2 Å². The Balaban J connectivity index is 4.78. The second-order valence-corrected chi connectivity index (χ2v) is 13.0. The van der Waals surface area contributed by atoms with Crippen LogP contribution in [0.2, 0.25) is 0 Å². The number of rotatable bonds is 32. The van der Waals surface area contributed by atoms with Crippen molar-refractivity contribution in [3.63, 3.8) is 0 Å². The maximum absolute atomic E-state index is 12.6. The Hall–Kier alpha value is -1.89. The molecule has 0 aliphatic heterocycles. The molecule has 0 saturated heterocycles. The molecule has 0 aromatic heterocycles. The summed E-state index contributed by atoms with van der Waals surface area (Å²) in [7, 11) is 0. The summed E-state index contributed by atoms with van der Waals surface area (Å²) in [6.07, 6.45) is 28.9. The number of hydrogen-bond donors (Lipinski definition) is 3. The van der Waals surface area contributed by atoms with Crippen molar-refractivity contribution in [2.75, 3.05) is 6.54 Å². The Kier molecular flexibility index (Phi) is 26.2. The predicted octanol–water partition coefficient (Wildman–Crippen LogP) is 10.2. The summed E-state index contributed by atoms with van der Waals surface area (Å²) in [6, 6.07) is -3.15. The first-order valence-corrected chi connectivity index (χ1v) is 18.4. The molecule has 0 aromatic carbocycles. The highest BCUT2D eigenvalue weighted by atomic mass is 16.4. The topological polar surface area (TPSA) is 112 Å². The van der Waals surface area contributed by atoms with Gasteiger partial charge in [0.15, 0.2) is 18.1 Å². The molecule has 0 fully saturated rings. The molecule has 0 saturated carbocycles. The van der Waals surface area contributed by atoms with Gasteiger partial charge in [0.05, 0.1) is 6.54 Å². The van der Waals surface area contributed by atoms with Gasteiger partial charge in [-0.25, -0.2) is 14.4 Å². The van der Waals surface area contributed by atoms with Gasteiger partial charge < -0.3 is 15.3 Å². The normalized spacial score (nSPS) is 15.2. The van der Waals surface area contributed by atoms with Gasteiger partial charge in [0, 0.05) is 19.3 Å². The van der Waals surface area contributed by atoms with Crippen molar-refractivity contribution in [3.8, 4) is 0 Å². The van der Waals surface area contributed by atoms with Gasteiger partial charge in [-0.1, -0.05) is 117 Å². The SMILES string of the molecule is CCCCCCCCCCCC/C=C/CCCCCCCC[N+](C(CCC)C(=O)O)(C(CCC)C(=O)O)C(CCC)C(=O)O. The monoisotopic (exact) mass is 625 g/mol. The molecule has 7 heteroatoms.